The van der Waals surface area contributed by atoms with Crippen molar-refractivity contribution in [2.45, 2.75) is 54.1 Å². The van der Waals surface area contributed by atoms with Crippen LogP contribution in [0.3, 0.4) is 0 Å². The van der Waals surface area contributed by atoms with Crippen molar-refractivity contribution in [3.05, 3.63) is 137 Å². The Labute approximate surface area is 310 Å². The Hall–Kier alpha value is -3.80. The first-order valence-corrected chi connectivity index (χ1v) is 19.7. The quantitative estimate of drug-likeness (QED) is 0.130. The summed E-state index contributed by atoms with van der Waals surface area (Å²) >= 11 is 1.60. The van der Waals surface area contributed by atoms with Crippen LogP contribution in [-0.4, -0.2) is 18.0 Å². The van der Waals surface area contributed by atoms with E-state index in [0.717, 1.165) is 36.8 Å². The minimum Gasteiger partial charge on any atom is -0.305 e. The number of aromatic nitrogens is 2. The van der Waals surface area contributed by atoms with E-state index in [4.69, 9.17) is 8.22 Å². The Morgan fingerprint density at radius 3 is 2.25 bits per heavy atom. The summed E-state index contributed by atoms with van der Waals surface area (Å²) in [6.07, 6.45) is 3.48. The van der Waals surface area contributed by atoms with Crippen LogP contribution in [-0.2, 0) is 20.1 Å². The summed E-state index contributed by atoms with van der Waals surface area (Å²) in [6, 6.07) is 30.1. The normalized spacial score (nSPS) is 13.6. The molecule has 48 heavy (non-hydrogen) atoms. The maximum absolute atomic E-state index is 14.7. The predicted molar refractivity (Wildman–Crippen MR) is 202 cm³/mol. The molecule has 1 radical (unpaired) electrons. The summed E-state index contributed by atoms with van der Waals surface area (Å²) in [6.45, 7) is 8.24. The van der Waals surface area contributed by atoms with Gasteiger partial charge in [-0.05, 0) is 94.1 Å². The molecule has 0 saturated heterocycles. The van der Waals surface area contributed by atoms with Crippen molar-refractivity contribution in [2.75, 3.05) is 0 Å². The molecule has 6 heteroatoms. The van der Waals surface area contributed by atoms with Gasteiger partial charge < -0.3 is 9.97 Å². The summed E-state index contributed by atoms with van der Waals surface area (Å²) < 4.78 is 62.3. The van der Waals surface area contributed by atoms with Gasteiger partial charge in [0.25, 0.3) is 0 Å². The van der Waals surface area contributed by atoms with E-state index in [2.05, 4.69) is 80.7 Å². The van der Waals surface area contributed by atoms with Gasteiger partial charge in [-0.25, -0.2) is 0 Å². The number of rotatable bonds is 4. The molecule has 0 aliphatic heterocycles. The van der Waals surface area contributed by atoms with Crippen LogP contribution in [0.5, 0.6) is 0 Å². The molecule has 0 N–H and O–H groups in total. The fourth-order valence-electron chi connectivity index (χ4n) is 6.06. The molecule has 0 bridgehead atoms. The summed E-state index contributed by atoms with van der Waals surface area (Å²) in [4.78, 5) is 9.01. The molecule has 0 atom stereocenters. The van der Waals surface area contributed by atoms with E-state index in [0.29, 0.717) is 22.2 Å². The van der Waals surface area contributed by atoms with E-state index in [1.54, 1.807) is 29.7 Å². The Morgan fingerprint density at radius 2 is 1.56 bits per heavy atom. The third-order valence-electron chi connectivity index (χ3n) is 8.19. The number of thiophene rings is 1. The molecular weight excluding hydrogens is 804 g/mol. The Bertz CT molecular complexity index is 2450. The van der Waals surface area contributed by atoms with E-state index in [-0.39, 0.29) is 31.5 Å². The van der Waals surface area contributed by atoms with Crippen LogP contribution in [0.1, 0.15) is 36.0 Å². The van der Waals surface area contributed by atoms with Gasteiger partial charge in [0.05, 0.1) is 8.07 Å². The molecule has 0 aliphatic carbocycles. The van der Waals surface area contributed by atoms with Crippen molar-refractivity contribution in [3.63, 3.8) is 0 Å². The van der Waals surface area contributed by atoms with E-state index < -0.39 is 21.8 Å². The van der Waals surface area contributed by atoms with Gasteiger partial charge >= 0.3 is 0 Å². The van der Waals surface area contributed by atoms with Crippen LogP contribution < -0.4 is 5.19 Å². The Kier molecular flexibility index (Phi) is 8.40. The zero-order valence-electron chi connectivity index (χ0n) is 33.7. The fourth-order valence-corrected chi connectivity index (χ4v) is 8.62. The second kappa shape index (κ2) is 14.4. The van der Waals surface area contributed by atoms with Gasteiger partial charge in [0.15, 0.2) is 0 Å². The fraction of sp³-hybridized carbons (Fsp3) is 0.190. The molecule has 3 aromatic heterocycles. The second-order valence-electron chi connectivity index (χ2n) is 12.9. The van der Waals surface area contributed by atoms with E-state index in [9.17, 15) is 4.39 Å². The van der Waals surface area contributed by atoms with E-state index >= 15 is 0 Å². The number of halogens is 1. The Balaban J connectivity index is 0.000000208. The summed E-state index contributed by atoms with van der Waals surface area (Å²) in [7, 11) is -1.85. The third-order valence-corrected chi connectivity index (χ3v) is 11.4. The smallest absolute Gasteiger partial charge is 0.0798 e. The number of benzene rings is 4. The molecule has 0 saturated carbocycles. The minimum absolute atomic E-state index is 0. The number of pyridine rings is 2. The van der Waals surface area contributed by atoms with Crippen molar-refractivity contribution >= 4 is 44.8 Å². The van der Waals surface area contributed by atoms with Gasteiger partial charge in [-0.1, -0.05) is 80.1 Å². The number of hydrogen-bond acceptors (Lipinski definition) is 3. The van der Waals surface area contributed by atoms with Crippen molar-refractivity contribution in [1.82, 2.24) is 9.97 Å². The van der Waals surface area contributed by atoms with Crippen LogP contribution in [0, 0.1) is 52.4 Å². The average molecular weight is 849 g/mol. The minimum atomic E-state index is -2.22. The maximum Gasteiger partial charge on any atom is 0.0798 e. The van der Waals surface area contributed by atoms with E-state index in [1.807, 2.05) is 36.5 Å². The molecule has 0 aliphatic rings. The first kappa shape index (κ1) is 28.1. The molecule has 0 amide bonds. The average Bonchev–Trinajstić information content (AvgIpc) is 3.48. The van der Waals surface area contributed by atoms with Crippen LogP contribution in [0.4, 0.5) is 4.39 Å². The molecule has 0 fully saturated rings. The number of aryl methyl sites for hydroxylation is 5. The number of hydrogen-bond donors (Lipinski definition) is 0. The monoisotopic (exact) mass is 849 g/mol. The number of fused-ring (bicyclic) bond motifs is 3. The maximum atomic E-state index is 14.7. The molecular formula is C42H39FIrN2SSi-2. The molecule has 7 rings (SSSR count). The van der Waals surface area contributed by atoms with Crippen LogP contribution in [0.2, 0.25) is 19.6 Å². The largest absolute Gasteiger partial charge is 0.305 e. The predicted octanol–water partition coefficient (Wildman–Crippen LogP) is 11.4. The molecule has 0 spiro atoms. The van der Waals surface area contributed by atoms with Crippen LogP contribution >= 0.6 is 11.3 Å². The first-order chi connectivity index (χ1) is 24.8. The third kappa shape index (κ3) is 7.28. The van der Waals surface area contributed by atoms with Crippen molar-refractivity contribution in [2.24, 2.45) is 0 Å². The van der Waals surface area contributed by atoms with Crippen molar-refractivity contribution in [1.29, 1.82) is 0 Å². The standard InChI is InChI=1S/C26H19FNS.C16H20NSi.Ir/c1-15-12-16(2)24(17(3)13-15)18-10-11-28-22(14-18)19-8-9-21(27)25-20-6-4-5-7-23(20)29-26(19)25;1-12-6-8-14(9-7-12)15-10-13(2)16(11-17-15)18(3,4)5;/h4-7,9-14H,1-3H3;6-8,10-11H,1-5H3;/q2*-1;/i;1D3,2D3;. The second-order valence-corrected chi connectivity index (χ2v) is 19.0. The van der Waals surface area contributed by atoms with Crippen LogP contribution in [0.25, 0.3) is 53.8 Å². The van der Waals surface area contributed by atoms with E-state index in [1.165, 1.54) is 40.5 Å². The van der Waals surface area contributed by atoms with Gasteiger partial charge in [0, 0.05) is 51.2 Å². The zero-order valence-corrected chi connectivity index (χ0v) is 31.9. The Morgan fingerprint density at radius 1 is 0.792 bits per heavy atom. The van der Waals surface area contributed by atoms with Gasteiger partial charge in [-0.2, -0.15) is 11.3 Å². The molecule has 245 valence electrons. The molecule has 4 aromatic carbocycles. The van der Waals surface area contributed by atoms with Crippen molar-refractivity contribution < 1.29 is 32.7 Å². The number of nitrogens with zero attached hydrogens (tertiary/aromatic N) is 2. The van der Waals surface area contributed by atoms with Crippen LogP contribution in [0.15, 0.2) is 91.3 Å². The molecule has 3 heterocycles. The molecule has 2 nitrogen and oxygen atoms in total. The summed E-state index contributed by atoms with van der Waals surface area (Å²) in [5.41, 5.74) is 9.36. The summed E-state index contributed by atoms with van der Waals surface area (Å²) in [5.74, 6) is -0.234. The van der Waals surface area contributed by atoms with Crippen molar-refractivity contribution in [3.8, 4) is 33.6 Å². The molecule has 0 unspecified atom stereocenters. The topological polar surface area (TPSA) is 25.8 Å². The van der Waals surface area contributed by atoms with Gasteiger partial charge in [-0.3, -0.25) is 4.39 Å². The van der Waals surface area contributed by atoms with Gasteiger partial charge in [-0.15, -0.1) is 53.1 Å². The zero-order chi connectivity index (χ0) is 38.5. The van der Waals surface area contributed by atoms with Gasteiger partial charge in [0.1, 0.15) is 0 Å². The van der Waals surface area contributed by atoms with Gasteiger partial charge in [0.2, 0.25) is 0 Å². The summed E-state index contributed by atoms with van der Waals surface area (Å²) in [5, 5.41) is 2.42. The SMILES string of the molecule is Cc1cc(C)c(-c2ccnc(-c3[c-]cc(F)c4c3sc3ccccc34)c2)c(C)c1.[2H]C([2H])([2H])c1c[c-]c(-c2cc(C([2H])([2H])[2H])c([Si](C)(C)C)cn2)cc1.[Ir]. The first-order valence-electron chi connectivity index (χ1n) is 18.4. The molecule has 7 aromatic rings.